The highest BCUT2D eigenvalue weighted by atomic mass is 16.6. The van der Waals surface area contributed by atoms with E-state index in [0.717, 1.165) is 44.4 Å². The number of carbonyl (C=O) groups is 2. The summed E-state index contributed by atoms with van der Waals surface area (Å²) in [5.41, 5.74) is 0. The van der Waals surface area contributed by atoms with Crippen LogP contribution in [-0.2, 0) is 19.1 Å². The van der Waals surface area contributed by atoms with Gasteiger partial charge in [0.2, 0.25) is 0 Å². The SMILES string of the molecule is CCCCCCCCCCCC(=O)O[C@@H](CO)COC(=O)CCCCCCCCCCC(C)CC. The van der Waals surface area contributed by atoms with E-state index in [0.29, 0.717) is 12.8 Å². The van der Waals surface area contributed by atoms with Crippen LogP contribution in [0.4, 0.5) is 0 Å². The predicted octanol–water partition coefficient (Wildman–Crippen LogP) is 8.30. The van der Waals surface area contributed by atoms with Gasteiger partial charge >= 0.3 is 11.9 Å². The lowest BCUT2D eigenvalue weighted by Gasteiger charge is -2.15. The Morgan fingerprint density at radius 2 is 1.11 bits per heavy atom. The molecule has 0 aromatic rings. The minimum atomic E-state index is -0.759. The van der Waals surface area contributed by atoms with Crippen molar-refractivity contribution in [1.82, 2.24) is 0 Å². The Kier molecular flexibility index (Phi) is 25.2. The number of carbonyl (C=O) groups excluding carboxylic acids is 2. The summed E-state index contributed by atoms with van der Waals surface area (Å²) >= 11 is 0. The number of hydrogen-bond acceptors (Lipinski definition) is 5. The molecule has 0 saturated heterocycles. The fraction of sp³-hybridized carbons (Fsp3) is 0.933. The molecule has 0 saturated carbocycles. The van der Waals surface area contributed by atoms with E-state index < -0.39 is 6.10 Å². The van der Waals surface area contributed by atoms with Gasteiger partial charge in [-0.3, -0.25) is 9.59 Å². The van der Waals surface area contributed by atoms with Crippen LogP contribution in [0.3, 0.4) is 0 Å². The number of ether oxygens (including phenoxy) is 2. The molecule has 0 aliphatic carbocycles. The van der Waals surface area contributed by atoms with E-state index in [-0.39, 0.29) is 25.2 Å². The molecule has 0 aliphatic rings. The highest BCUT2D eigenvalue weighted by molar-refractivity contribution is 5.70. The largest absolute Gasteiger partial charge is 0.462 e. The van der Waals surface area contributed by atoms with Crippen LogP contribution in [0.15, 0.2) is 0 Å². The molecule has 35 heavy (non-hydrogen) atoms. The molecule has 0 aliphatic heterocycles. The van der Waals surface area contributed by atoms with E-state index in [1.165, 1.54) is 83.5 Å². The normalized spacial score (nSPS) is 12.9. The van der Waals surface area contributed by atoms with Crippen LogP contribution in [0.25, 0.3) is 0 Å². The molecule has 2 atom stereocenters. The zero-order valence-electron chi connectivity index (χ0n) is 23.5. The molecule has 0 radical (unpaired) electrons. The average Bonchev–Trinajstić information content (AvgIpc) is 2.86. The lowest BCUT2D eigenvalue weighted by Crippen LogP contribution is -2.28. The van der Waals surface area contributed by atoms with Crippen molar-refractivity contribution in [2.45, 2.75) is 162 Å². The highest BCUT2D eigenvalue weighted by Gasteiger charge is 2.16. The third-order valence-electron chi connectivity index (χ3n) is 6.94. The van der Waals surface area contributed by atoms with Crippen LogP contribution in [0, 0.1) is 5.92 Å². The van der Waals surface area contributed by atoms with Crippen LogP contribution in [0.5, 0.6) is 0 Å². The monoisotopic (exact) mass is 498 g/mol. The van der Waals surface area contributed by atoms with E-state index in [1.807, 2.05) is 0 Å². The first kappa shape index (κ1) is 33.9. The summed E-state index contributed by atoms with van der Waals surface area (Å²) < 4.78 is 10.5. The molecule has 5 nitrogen and oxygen atoms in total. The lowest BCUT2D eigenvalue weighted by molar-refractivity contribution is -0.161. The van der Waals surface area contributed by atoms with Gasteiger partial charge in [0.25, 0.3) is 0 Å². The van der Waals surface area contributed by atoms with Crippen molar-refractivity contribution in [3.63, 3.8) is 0 Å². The highest BCUT2D eigenvalue weighted by Crippen LogP contribution is 2.15. The van der Waals surface area contributed by atoms with E-state index in [2.05, 4.69) is 20.8 Å². The van der Waals surface area contributed by atoms with Crippen molar-refractivity contribution in [3.8, 4) is 0 Å². The molecular weight excluding hydrogens is 440 g/mol. The second kappa shape index (κ2) is 26.0. The first-order valence-corrected chi connectivity index (χ1v) is 15.0. The van der Waals surface area contributed by atoms with Crippen molar-refractivity contribution in [2.75, 3.05) is 13.2 Å². The van der Waals surface area contributed by atoms with Gasteiger partial charge in [0.1, 0.15) is 6.61 Å². The Balaban J connectivity index is 3.60. The Morgan fingerprint density at radius 1 is 0.657 bits per heavy atom. The van der Waals surface area contributed by atoms with Gasteiger partial charge in [-0.25, -0.2) is 0 Å². The van der Waals surface area contributed by atoms with Crippen molar-refractivity contribution in [3.05, 3.63) is 0 Å². The molecule has 0 fully saturated rings. The number of aliphatic hydroxyl groups excluding tert-OH is 1. The van der Waals surface area contributed by atoms with Crippen LogP contribution in [0.1, 0.15) is 156 Å². The topological polar surface area (TPSA) is 72.8 Å². The molecule has 0 amide bonds. The Bertz CT molecular complexity index is 479. The Morgan fingerprint density at radius 3 is 1.60 bits per heavy atom. The van der Waals surface area contributed by atoms with E-state index in [9.17, 15) is 14.7 Å². The van der Waals surface area contributed by atoms with E-state index in [4.69, 9.17) is 9.47 Å². The van der Waals surface area contributed by atoms with Gasteiger partial charge in [-0.1, -0.05) is 130 Å². The number of hydrogen-bond donors (Lipinski definition) is 1. The van der Waals surface area contributed by atoms with Gasteiger partial charge < -0.3 is 14.6 Å². The van der Waals surface area contributed by atoms with Gasteiger partial charge in [-0.05, 0) is 18.8 Å². The maximum absolute atomic E-state index is 12.0. The fourth-order valence-electron chi connectivity index (χ4n) is 4.23. The quantitative estimate of drug-likeness (QED) is 0.0959. The molecule has 0 bridgehead atoms. The summed E-state index contributed by atoms with van der Waals surface area (Å²) in [6.07, 6.45) is 22.9. The molecule has 1 unspecified atom stereocenters. The lowest BCUT2D eigenvalue weighted by atomic mass is 9.99. The standard InChI is InChI=1S/C30H58O5/c1-4-6-7-8-9-10-15-18-21-24-30(33)35-28(25-31)26-34-29(32)23-20-17-14-12-11-13-16-19-22-27(3)5-2/h27-28,31H,4-26H2,1-3H3/t27?,28-/m0/s1. The smallest absolute Gasteiger partial charge is 0.306 e. The minimum Gasteiger partial charge on any atom is -0.462 e. The summed E-state index contributed by atoms with van der Waals surface area (Å²) in [6, 6.07) is 0. The van der Waals surface area contributed by atoms with Gasteiger partial charge in [-0.15, -0.1) is 0 Å². The van der Waals surface area contributed by atoms with Gasteiger partial charge in [0.05, 0.1) is 6.61 Å². The summed E-state index contributed by atoms with van der Waals surface area (Å²) in [4.78, 5) is 23.9. The summed E-state index contributed by atoms with van der Waals surface area (Å²) in [6.45, 7) is 6.44. The van der Waals surface area contributed by atoms with Crippen LogP contribution in [-0.4, -0.2) is 36.4 Å². The van der Waals surface area contributed by atoms with Crippen molar-refractivity contribution in [1.29, 1.82) is 0 Å². The molecule has 0 aromatic heterocycles. The van der Waals surface area contributed by atoms with Gasteiger partial charge in [-0.2, -0.15) is 0 Å². The van der Waals surface area contributed by atoms with E-state index >= 15 is 0 Å². The number of aliphatic hydroxyl groups is 1. The van der Waals surface area contributed by atoms with E-state index in [1.54, 1.807) is 0 Å². The zero-order chi connectivity index (χ0) is 26.0. The predicted molar refractivity (Wildman–Crippen MR) is 145 cm³/mol. The molecule has 5 heteroatoms. The third kappa shape index (κ3) is 24.4. The van der Waals surface area contributed by atoms with Gasteiger partial charge in [0, 0.05) is 12.8 Å². The van der Waals surface area contributed by atoms with Crippen LogP contribution < -0.4 is 0 Å². The molecule has 0 spiro atoms. The molecule has 0 aromatic carbocycles. The number of esters is 2. The van der Waals surface area contributed by atoms with Crippen molar-refractivity contribution in [2.24, 2.45) is 5.92 Å². The maximum atomic E-state index is 12.0. The molecule has 0 heterocycles. The summed E-state index contributed by atoms with van der Waals surface area (Å²) in [5, 5.41) is 9.44. The Hall–Kier alpha value is -1.10. The second-order valence-electron chi connectivity index (χ2n) is 10.4. The molecular formula is C30H58O5. The van der Waals surface area contributed by atoms with Crippen molar-refractivity contribution >= 4 is 11.9 Å². The van der Waals surface area contributed by atoms with Crippen LogP contribution >= 0.6 is 0 Å². The molecule has 208 valence electrons. The number of rotatable bonds is 26. The fourth-order valence-corrected chi connectivity index (χ4v) is 4.23. The first-order valence-electron chi connectivity index (χ1n) is 15.0. The second-order valence-corrected chi connectivity index (χ2v) is 10.4. The minimum absolute atomic E-state index is 0.0600. The zero-order valence-corrected chi connectivity index (χ0v) is 23.5. The van der Waals surface area contributed by atoms with Crippen molar-refractivity contribution < 1.29 is 24.2 Å². The number of unbranched alkanes of at least 4 members (excludes halogenated alkanes) is 15. The summed E-state index contributed by atoms with van der Waals surface area (Å²) in [7, 11) is 0. The third-order valence-corrected chi connectivity index (χ3v) is 6.94. The van der Waals surface area contributed by atoms with Gasteiger partial charge in [0.15, 0.2) is 6.10 Å². The van der Waals surface area contributed by atoms with Crippen LogP contribution in [0.2, 0.25) is 0 Å². The summed E-state index contributed by atoms with van der Waals surface area (Å²) in [5.74, 6) is 0.269. The molecule has 1 N–H and O–H groups in total. The first-order chi connectivity index (χ1) is 17.0. The molecule has 0 rings (SSSR count). The average molecular weight is 499 g/mol. The maximum Gasteiger partial charge on any atom is 0.306 e. The Labute approximate surface area is 217 Å².